The van der Waals surface area contributed by atoms with Crippen LogP contribution in [0, 0.1) is 0 Å². The Bertz CT molecular complexity index is 1400. The van der Waals surface area contributed by atoms with E-state index in [-0.39, 0.29) is 18.9 Å². The Hall–Kier alpha value is -3.85. The van der Waals surface area contributed by atoms with Crippen LogP contribution in [0.15, 0.2) is 79.0 Å². The summed E-state index contributed by atoms with van der Waals surface area (Å²) >= 11 is 5.98. The van der Waals surface area contributed by atoms with Gasteiger partial charge in [-0.25, -0.2) is 4.79 Å². The van der Waals surface area contributed by atoms with Crippen LogP contribution in [0.25, 0.3) is 10.9 Å². The van der Waals surface area contributed by atoms with E-state index in [1.807, 2.05) is 36.0 Å². The molecule has 2 amide bonds. The van der Waals surface area contributed by atoms with Crippen LogP contribution in [0.4, 0.5) is 10.5 Å². The number of aryl methyl sites for hydroxylation is 1. The van der Waals surface area contributed by atoms with Gasteiger partial charge in [-0.3, -0.25) is 9.69 Å². The summed E-state index contributed by atoms with van der Waals surface area (Å²) in [5.41, 5.74) is 3.43. The van der Waals surface area contributed by atoms with Crippen molar-refractivity contribution in [1.29, 1.82) is 0 Å². The first-order valence-corrected chi connectivity index (χ1v) is 12.1. The lowest BCUT2D eigenvalue weighted by molar-refractivity contribution is 0.0582. The molecule has 2 atom stereocenters. The number of aromatic nitrogens is 1. The van der Waals surface area contributed by atoms with Crippen molar-refractivity contribution in [3.63, 3.8) is 0 Å². The fraction of sp³-hybridized carbons (Fsp3) is 0.214. The lowest BCUT2D eigenvalue weighted by atomic mass is 10.0. The molecule has 0 fully saturated rings. The predicted molar refractivity (Wildman–Crippen MR) is 143 cm³/mol. The fourth-order valence-corrected chi connectivity index (χ4v) is 4.48. The number of hydrogen-bond donors (Lipinski definition) is 4. The molecule has 0 aliphatic heterocycles. The monoisotopic (exact) mass is 521 g/mol. The molecule has 0 spiro atoms. The van der Waals surface area contributed by atoms with E-state index in [1.165, 1.54) is 0 Å². The molecular weight excluding hydrogens is 494 g/mol. The first-order valence-electron chi connectivity index (χ1n) is 11.7. The Balaban J connectivity index is 1.41. The van der Waals surface area contributed by atoms with Gasteiger partial charge in [0.05, 0.1) is 25.3 Å². The maximum atomic E-state index is 12.7. The maximum Gasteiger partial charge on any atom is 0.407 e. The average Bonchev–Trinajstić information content (AvgIpc) is 3.26. The minimum absolute atomic E-state index is 0.221. The summed E-state index contributed by atoms with van der Waals surface area (Å²) in [6.07, 6.45) is -0.186. The summed E-state index contributed by atoms with van der Waals surface area (Å²) in [7, 11) is 1.95. The first-order chi connectivity index (χ1) is 17.7. The molecule has 0 saturated heterocycles. The second-order valence-electron chi connectivity index (χ2n) is 8.90. The SMILES string of the molecule is Cn1ccc2cc(C(=O)Nc3ccc(C[C@@H](CO)N(C[C@H](O)c4cccc(Cl)c4)C(=O)O)cc3)ccc21. The molecule has 192 valence electrons. The van der Waals surface area contributed by atoms with Crippen LogP contribution in [0.3, 0.4) is 0 Å². The van der Waals surface area contributed by atoms with Gasteiger partial charge < -0.3 is 25.2 Å². The van der Waals surface area contributed by atoms with Gasteiger partial charge in [-0.05, 0) is 66.1 Å². The Labute approximate surface area is 219 Å². The zero-order valence-corrected chi connectivity index (χ0v) is 21.0. The number of carbonyl (C=O) groups is 2. The molecule has 4 aromatic rings. The molecule has 0 aliphatic rings. The van der Waals surface area contributed by atoms with Crippen LogP contribution < -0.4 is 5.32 Å². The molecule has 4 N–H and O–H groups in total. The molecule has 1 aromatic heterocycles. The molecule has 9 heteroatoms. The van der Waals surface area contributed by atoms with Crippen molar-refractivity contribution in [1.82, 2.24) is 9.47 Å². The topological polar surface area (TPSA) is 115 Å². The second-order valence-corrected chi connectivity index (χ2v) is 9.33. The zero-order chi connectivity index (χ0) is 26.5. The molecule has 0 radical (unpaired) electrons. The third kappa shape index (κ3) is 6.29. The lowest BCUT2D eigenvalue weighted by Crippen LogP contribution is -2.45. The van der Waals surface area contributed by atoms with Crippen molar-refractivity contribution < 1.29 is 24.9 Å². The highest BCUT2D eigenvalue weighted by molar-refractivity contribution is 6.30. The molecular formula is C28H28ClN3O5. The van der Waals surface area contributed by atoms with Gasteiger partial charge in [-0.1, -0.05) is 35.9 Å². The zero-order valence-electron chi connectivity index (χ0n) is 20.2. The van der Waals surface area contributed by atoms with E-state index in [9.17, 15) is 24.9 Å². The number of halogens is 1. The first kappa shape index (κ1) is 26.2. The van der Waals surface area contributed by atoms with Crippen LogP contribution in [-0.4, -0.2) is 56.0 Å². The van der Waals surface area contributed by atoms with Gasteiger partial charge in [0, 0.05) is 40.4 Å². The normalized spacial score (nSPS) is 12.8. The van der Waals surface area contributed by atoms with E-state index in [2.05, 4.69) is 5.32 Å². The number of hydrogen-bond acceptors (Lipinski definition) is 4. The third-order valence-electron chi connectivity index (χ3n) is 6.33. The number of carboxylic acid groups (broad SMARTS) is 1. The molecule has 4 rings (SSSR count). The van der Waals surface area contributed by atoms with E-state index in [0.29, 0.717) is 21.8 Å². The number of benzene rings is 3. The number of nitrogens with zero attached hydrogens (tertiary/aromatic N) is 2. The van der Waals surface area contributed by atoms with E-state index < -0.39 is 24.8 Å². The van der Waals surface area contributed by atoms with Gasteiger partial charge >= 0.3 is 6.09 Å². The smallest absolute Gasteiger partial charge is 0.407 e. The quantitative estimate of drug-likeness (QED) is 0.255. The minimum Gasteiger partial charge on any atom is -0.465 e. The summed E-state index contributed by atoms with van der Waals surface area (Å²) < 4.78 is 1.98. The second kappa shape index (κ2) is 11.5. The van der Waals surface area contributed by atoms with E-state index in [0.717, 1.165) is 21.4 Å². The molecule has 0 aliphatic carbocycles. The number of fused-ring (bicyclic) bond motifs is 1. The standard InChI is InChI=1S/C28H28ClN3O5/c1-31-12-11-19-14-21(7-10-25(19)31)27(35)30-23-8-5-18(6-9-23)13-24(17-33)32(28(36)37)16-26(34)20-3-2-4-22(29)15-20/h2-12,14-15,24,26,33-34H,13,16-17H2,1H3,(H,30,35)(H,36,37)/t24-,26-/m0/s1. The van der Waals surface area contributed by atoms with Gasteiger partial charge in [-0.2, -0.15) is 0 Å². The van der Waals surface area contributed by atoms with E-state index in [4.69, 9.17) is 11.6 Å². The van der Waals surface area contributed by atoms with Gasteiger partial charge in [0.1, 0.15) is 0 Å². The molecule has 1 heterocycles. The van der Waals surface area contributed by atoms with Crippen LogP contribution in [0.1, 0.15) is 27.6 Å². The maximum absolute atomic E-state index is 12.7. The average molecular weight is 522 g/mol. The van der Waals surface area contributed by atoms with Crippen molar-refractivity contribution in [2.45, 2.75) is 18.6 Å². The molecule has 0 saturated carbocycles. The Morgan fingerprint density at radius 2 is 1.81 bits per heavy atom. The van der Waals surface area contributed by atoms with Gasteiger partial charge in [0.2, 0.25) is 0 Å². The summed E-state index contributed by atoms with van der Waals surface area (Å²) in [5, 5.41) is 34.5. The lowest BCUT2D eigenvalue weighted by Gasteiger charge is -2.30. The van der Waals surface area contributed by atoms with Crippen molar-refractivity contribution in [2.24, 2.45) is 7.05 Å². The van der Waals surface area contributed by atoms with Crippen molar-refractivity contribution in [3.8, 4) is 0 Å². The number of amides is 2. The Morgan fingerprint density at radius 1 is 1.05 bits per heavy atom. The van der Waals surface area contributed by atoms with Crippen molar-refractivity contribution >= 4 is 40.2 Å². The fourth-order valence-electron chi connectivity index (χ4n) is 4.28. The number of nitrogens with one attached hydrogen (secondary N) is 1. The predicted octanol–water partition coefficient (Wildman–Crippen LogP) is 4.70. The largest absolute Gasteiger partial charge is 0.465 e. The minimum atomic E-state index is -1.25. The van der Waals surface area contributed by atoms with Crippen LogP contribution in [-0.2, 0) is 13.5 Å². The van der Waals surface area contributed by atoms with Crippen molar-refractivity contribution in [2.75, 3.05) is 18.5 Å². The van der Waals surface area contributed by atoms with E-state index in [1.54, 1.807) is 54.6 Å². The number of carbonyl (C=O) groups excluding carboxylic acids is 1. The molecule has 0 unspecified atom stereocenters. The Kier molecular flexibility index (Phi) is 8.13. The number of rotatable bonds is 9. The number of aliphatic hydroxyl groups is 2. The highest BCUT2D eigenvalue weighted by Gasteiger charge is 2.26. The molecule has 0 bridgehead atoms. The number of aliphatic hydroxyl groups excluding tert-OH is 2. The molecule has 8 nitrogen and oxygen atoms in total. The third-order valence-corrected chi connectivity index (χ3v) is 6.57. The van der Waals surface area contributed by atoms with Crippen LogP contribution in [0.2, 0.25) is 5.02 Å². The highest BCUT2D eigenvalue weighted by Crippen LogP contribution is 2.22. The number of anilines is 1. The summed E-state index contributed by atoms with van der Waals surface area (Å²) in [6.45, 7) is -0.643. The van der Waals surface area contributed by atoms with Crippen molar-refractivity contribution in [3.05, 3.63) is 101 Å². The molecule has 37 heavy (non-hydrogen) atoms. The summed E-state index contributed by atoms with van der Waals surface area (Å²) in [5.74, 6) is -0.237. The van der Waals surface area contributed by atoms with Gasteiger partial charge in [0.25, 0.3) is 5.91 Å². The Morgan fingerprint density at radius 3 is 2.49 bits per heavy atom. The van der Waals surface area contributed by atoms with Gasteiger partial charge in [0.15, 0.2) is 0 Å². The van der Waals surface area contributed by atoms with Crippen LogP contribution >= 0.6 is 11.6 Å². The van der Waals surface area contributed by atoms with Gasteiger partial charge in [-0.15, -0.1) is 0 Å². The summed E-state index contributed by atoms with van der Waals surface area (Å²) in [6, 6.07) is 20.3. The van der Waals surface area contributed by atoms with E-state index >= 15 is 0 Å². The summed E-state index contributed by atoms with van der Waals surface area (Å²) in [4.78, 5) is 25.7. The van der Waals surface area contributed by atoms with Crippen LogP contribution in [0.5, 0.6) is 0 Å². The molecule has 3 aromatic carbocycles. The highest BCUT2D eigenvalue weighted by atomic mass is 35.5.